The van der Waals surface area contributed by atoms with Gasteiger partial charge in [0.05, 0.1) is 23.9 Å². The number of piperidine rings is 1. The lowest BCUT2D eigenvalue weighted by molar-refractivity contribution is 0.102. The highest BCUT2D eigenvalue weighted by Gasteiger charge is 2.19. The third-order valence-electron chi connectivity index (χ3n) is 4.47. The Labute approximate surface area is 168 Å². The molecule has 1 N–H and O–H groups in total. The molecule has 2 heterocycles. The Morgan fingerprint density at radius 2 is 2.07 bits per heavy atom. The number of hydrogen-bond acceptors (Lipinski definition) is 5. The molecule has 6 nitrogen and oxygen atoms in total. The van der Waals surface area contributed by atoms with E-state index in [1.54, 1.807) is 25.4 Å². The van der Waals surface area contributed by atoms with E-state index in [0.717, 1.165) is 31.7 Å². The number of halogens is 1. The van der Waals surface area contributed by atoms with E-state index in [-0.39, 0.29) is 5.91 Å². The molecule has 1 aliphatic heterocycles. The monoisotopic (exact) mass is 433 g/mol. The van der Waals surface area contributed by atoms with Crippen LogP contribution in [0.25, 0.3) is 0 Å². The number of anilines is 2. The first-order valence-electron chi connectivity index (χ1n) is 9.15. The Kier molecular flexibility index (Phi) is 6.55. The van der Waals surface area contributed by atoms with E-state index in [2.05, 4.69) is 31.1 Å². The van der Waals surface area contributed by atoms with E-state index in [4.69, 9.17) is 9.47 Å². The summed E-state index contributed by atoms with van der Waals surface area (Å²) >= 11 is 3.46. The van der Waals surface area contributed by atoms with Crippen LogP contribution in [0.15, 0.2) is 34.9 Å². The minimum Gasteiger partial charge on any atom is -0.493 e. The summed E-state index contributed by atoms with van der Waals surface area (Å²) in [4.78, 5) is 19.6. The molecule has 0 atom stereocenters. The molecule has 1 aromatic heterocycles. The number of ether oxygens (including phenoxy) is 2. The molecular formula is C20H24BrN3O3. The summed E-state index contributed by atoms with van der Waals surface area (Å²) in [7, 11) is 1.56. The van der Waals surface area contributed by atoms with Gasteiger partial charge in [0.2, 0.25) is 0 Å². The first kappa shape index (κ1) is 19.5. The van der Waals surface area contributed by atoms with Gasteiger partial charge in [0.25, 0.3) is 5.91 Å². The molecule has 1 fully saturated rings. The van der Waals surface area contributed by atoms with Crippen molar-refractivity contribution in [3.63, 3.8) is 0 Å². The van der Waals surface area contributed by atoms with E-state index >= 15 is 0 Å². The average Bonchev–Trinajstić information content (AvgIpc) is 2.70. The molecule has 0 unspecified atom stereocenters. The summed E-state index contributed by atoms with van der Waals surface area (Å²) in [6.07, 6.45) is 5.29. The predicted octanol–water partition coefficient (Wildman–Crippen LogP) is 4.49. The smallest absolute Gasteiger partial charge is 0.255 e. The van der Waals surface area contributed by atoms with Gasteiger partial charge in [-0.1, -0.05) is 0 Å². The van der Waals surface area contributed by atoms with Crippen LogP contribution in [0.4, 0.5) is 11.5 Å². The van der Waals surface area contributed by atoms with Crippen molar-refractivity contribution >= 4 is 33.3 Å². The Morgan fingerprint density at radius 1 is 1.30 bits per heavy atom. The van der Waals surface area contributed by atoms with Gasteiger partial charge in [-0.15, -0.1) is 0 Å². The third kappa shape index (κ3) is 4.53. The van der Waals surface area contributed by atoms with Crippen molar-refractivity contribution in [1.29, 1.82) is 0 Å². The minimum absolute atomic E-state index is 0.219. The summed E-state index contributed by atoms with van der Waals surface area (Å²) in [6, 6.07) is 7.13. The van der Waals surface area contributed by atoms with Crippen molar-refractivity contribution in [3.8, 4) is 11.5 Å². The standard InChI is InChI=1S/C20H24BrN3O3/c1-3-27-18-15(21)12-14(13-17(18)26-2)20(25)23-16-8-7-9-22-19(16)24-10-5-4-6-11-24/h7-9,12-13H,3-6,10-11H2,1-2H3,(H,23,25). The largest absolute Gasteiger partial charge is 0.493 e. The number of nitrogens with zero attached hydrogens (tertiary/aromatic N) is 2. The van der Waals surface area contributed by atoms with Crippen molar-refractivity contribution in [1.82, 2.24) is 4.98 Å². The highest BCUT2D eigenvalue weighted by Crippen LogP contribution is 2.37. The Bertz CT molecular complexity index is 807. The lowest BCUT2D eigenvalue weighted by Crippen LogP contribution is -2.31. The topological polar surface area (TPSA) is 63.7 Å². The fourth-order valence-corrected chi connectivity index (χ4v) is 3.74. The highest BCUT2D eigenvalue weighted by atomic mass is 79.9. The zero-order valence-electron chi connectivity index (χ0n) is 15.6. The van der Waals surface area contributed by atoms with Crippen molar-refractivity contribution in [2.75, 3.05) is 37.0 Å². The van der Waals surface area contributed by atoms with E-state index in [0.29, 0.717) is 33.8 Å². The number of hydrogen-bond donors (Lipinski definition) is 1. The van der Waals surface area contributed by atoms with Crippen molar-refractivity contribution in [2.45, 2.75) is 26.2 Å². The maximum absolute atomic E-state index is 12.9. The van der Waals surface area contributed by atoms with Crippen LogP contribution in [0.2, 0.25) is 0 Å². The normalized spacial score (nSPS) is 14.0. The molecule has 2 aromatic rings. The van der Waals surface area contributed by atoms with Gasteiger partial charge in [0.15, 0.2) is 17.3 Å². The molecule has 0 spiro atoms. The fourth-order valence-electron chi connectivity index (χ4n) is 3.18. The van der Waals surface area contributed by atoms with Gasteiger partial charge >= 0.3 is 0 Å². The number of aromatic nitrogens is 1. The Hall–Kier alpha value is -2.28. The fraction of sp³-hybridized carbons (Fsp3) is 0.400. The van der Waals surface area contributed by atoms with Gasteiger partial charge in [-0.05, 0) is 66.4 Å². The lowest BCUT2D eigenvalue weighted by Gasteiger charge is -2.29. The molecule has 0 bridgehead atoms. The molecule has 3 rings (SSSR count). The van der Waals surface area contributed by atoms with Gasteiger partial charge in [0.1, 0.15) is 0 Å². The maximum Gasteiger partial charge on any atom is 0.255 e. The number of nitrogens with one attached hydrogen (secondary N) is 1. The van der Waals surface area contributed by atoms with Crippen LogP contribution in [0, 0.1) is 0 Å². The molecule has 144 valence electrons. The molecule has 1 aliphatic rings. The average molecular weight is 434 g/mol. The van der Waals surface area contributed by atoms with E-state index in [1.165, 1.54) is 6.42 Å². The first-order valence-corrected chi connectivity index (χ1v) is 9.95. The lowest BCUT2D eigenvalue weighted by atomic mass is 10.1. The van der Waals surface area contributed by atoms with Crippen LogP contribution < -0.4 is 19.7 Å². The van der Waals surface area contributed by atoms with Crippen molar-refractivity contribution in [3.05, 3.63) is 40.5 Å². The van der Waals surface area contributed by atoms with Gasteiger partial charge in [-0.25, -0.2) is 4.98 Å². The quantitative estimate of drug-likeness (QED) is 0.726. The number of methoxy groups -OCH3 is 1. The number of pyridine rings is 1. The van der Waals surface area contributed by atoms with Gasteiger partial charge in [-0.2, -0.15) is 0 Å². The number of benzene rings is 1. The SMILES string of the molecule is CCOc1c(Br)cc(C(=O)Nc2cccnc2N2CCCCC2)cc1OC. The van der Waals surface area contributed by atoms with Gasteiger partial charge in [0, 0.05) is 24.8 Å². The first-order chi connectivity index (χ1) is 13.1. The summed E-state index contributed by atoms with van der Waals surface area (Å²) in [5.41, 5.74) is 1.20. The molecular weight excluding hydrogens is 410 g/mol. The predicted molar refractivity (Wildman–Crippen MR) is 110 cm³/mol. The van der Waals surface area contributed by atoms with Gasteiger partial charge < -0.3 is 19.7 Å². The molecule has 7 heteroatoms. The second-order valence-corrected chi connectivity index (χ2v) is 7.15. The highest BCUT2D eigenvalue weighted by molar-refractivity contribution is 9.10. The molecule has 1 amide bonds. The molecule has 1 aromatic carbocycles. The Morgan fingerprint density at radius 3 is 2.78 bits per heavy atom. The minimum atomic E-state index is -0.219. The van der Waals surface area contributed by atoms with Crippen molar-refractivity contribution in [2.24, 2.45) is 0 Å². The number of rotatable bonds is 6. The van der Waals surface area contributed by atoms with Crippen LogP contribution in [0.5, 0.6) is 11.5 Å². The summed E-state index contributed by atoms with van der Waals surface area (Å²) in [5.74, 6) is 1.71. The van der Waals surface area contributed by atoms with Gasteiger partial charge in [-0.3, -0.25) is 4.79 Å². The molecule has 0 aliphatic carbocycles. The summed E-state index contributed by atoms with van der Waals surface area (Å²) < 4.78 is 11.7. The van der Waals surface area contributed by atoms with Crippen LogP contribution in [0.1, 0.15) is 36.5 Å². The zero-order chi connectivity index (χ0) is 19.2. The second kappa shape index (κ2) is 9.08. The van der Waals surface area contributed by atoms with Crippen LogP contribution >= 0.6 is 15.9 Å². The molecule has 0 saturated carbocycles. The van der Waals surface area contributed by atoms with Crippen molar-refractivity contribution < 1.29 is 14.3 Å². The third-order valence-corrected chi connectivity index (χ3v) is 5.06. The zero-order valence-corrected chi connectivity index (χ0v) is 17.2. The van der Waals surface area contributed by atoms with E-state index < -0.39 is 0 Å². The summed E-state index contributed by atoms with van der Waals surface area (Å²) in [6.45, 7) is 4.33. The number of carbonyl (C=O) groups excluding carboxylic acids is 1. The van der Waals surface area contributed by atoms with Crippen LogP contribution in [-0.2, 0) is 0 Å². The number of carbonyl (C=O) groups is 1. The number of amides is 1. The van der Waals surface area contributed by atoms with Crippen LogP contribution in [0.3, 0.4) is 0 Å². The van der Waals surface area contributed by atoms with E-state index in [1.807, 2.05) is 19.1 Å². The maximum atomic E-state index is 12.9. The molecule has 0 radical (unpaired) electrons. The van der Waals surface area contributed by atoms with Crippen LogP contribution in [-0.4, -0.2) is 37.7 Å². The molecule has 27 heavy (non-hydrogen) atoms. The Balaban J connectivity index is 1.85. The molecule has 1 saturated heterocycles. The second-order valence-electron chi connectivity index (χ2n) is 6.30. The van der Waals surface area contributed by atoms with E-state index in [9.17, 15) is 4.79 Å². The summed E-state index contributed by atoms with van der Waals surface area (Å²) in [5, 5.41) is 2.99.